The van der Waals surface area contributed by atoms with Crippen LogP contribution in [0.25, 0.3) is 0 Å². The lowest BCUT2D eigenvalue weighted by Gasteiger charge is -2.20. The number of hydrogen-bond donors (Lipinski definition) is 1. The molecule has 6 nitrogen and oxygen atoms in total. The number of ether oxygens (including phenoxy) is 2. The molecular formula is C19H20N2O4. The minimum absolute atomic E-state index is 0.0138. The largest absolute Gasteiger partial charge is 0.486 e. The molecule has 0 aromatic heterocycles. The van der Waals surface area contributed by atoms with Crippen molar-refractivity contribution in [3.8, 4) is 11.5 Å². The van der Waals surface area contributed by atoms with Gasteiger partial charge in [0.2, 0.25) is 5.91 Å². The first-order valence-electron chi connectivity index (χ1n) is 8.09. The molecule has 0 saturated carbocycles. The molecule has 0 aliphatic carbocycles. The second-order valence-corrected chi connectivity index (χ2v) is 5.78. The molecule has 0 unspecified atom stereocenters. The summed E-state index contributed by atoms with van der Waals surface area (Å²) in [6, 6.07) is 14.7. The third-order valence-corrected chi connectivity index (χ3v) is 3.85. The number of amides is 2. The van der Waals surface area contributed by atoms with Crippen LogP contribution in [-0.4, -0.2) is 43.5 Å². The number of nitrogens with zero attached hydrogens (tertiary/aromatic N) is 1. The van der Waals surface area contributed by atoms with Crippen LogP contribution in [0.3, 0.4) is 0 Å². The Morgan fingerprint density at radius 1 is 1.04 bits per heavy atom. The summed E-state index contributed by atoms with van der Waals surface area (Å²) in [5.41, 5.74) is 1.47. The molecule has 1 aliphatic heterocycles. The van der Waals surface area contributed by atoms with Gasteiger partial charge in [-0.15, -0.1) is 0 Å². The topological polar surface area (TPSA) is 67.9 Å². The number of hydrogen-bond acceptors (Lipinski definition) is 4. The predicted octanol–water partition coefficient (Wildman–Crippen LogP) is 1.85. The summed E-state index contributed by atoms with van der Waals surface area (Å²) < 4.78 is 10.9. The molecule has 25 heavy (non-hydrogen) atoms. The first kappa shape index (κ1) is 16.8. The maximum absolute atomic E-state index is 12.5. The van der Waals surface area contributed by atoms with Crippen molar-refractivity contribution < 1.29 is 19.1 Å². The fourth-order valence-corrected chi connectivity index (χ4v) is 2.54. The van der Waals surface area contributed by atoms with Crippen molar-refractivity contribution in [3.05, 3.63) is 59.7 Å². The predicted molar refractivity (Wildman–Crippen MR) is 92.7 cm³/mol. The van der Waals surface area contributed by atoms with E-state index < -0.39 is 0 Å². The molecule has 1 heterocycles. The molecule has 3 rings (SSSR count). The van der Waals surface area contributed by atoms with Gasteiger partial charge in [-0.2, -0.15) is 0 Å². The van der Waals surface area contributed by atoms with Crippen LogP contribution in [0, 0.1) is 0 Å². The number of nitrogens with one attached hydrogen (secondary N) is 1. The number of rotatable bonds is 5. The average Bonchev–Trinajstić information content (AvgIpc) is 2.66. The van der Waals surface area contributed by atoms with E-state index in [4.69, 9.17) is 9.47 Å². The van der Waals surface area contributed by atoms with Crippen LogP contribution < -0.4 is 14.8 Å². The van der Waals surface area contributed by atoms with Crippen molar-refractivity contribution in [3.63, 3.8) is 0 Å². The lowest BCUT2D eigenvalue weighted by atomic mass is 10.1. The van der Waals surface area contributed by atoms with Crippen LogP contribution in [0.15, 0.2) is 48.5 Å². The van der Waals surface area contributed by atoms with Gasteiger partial charge >= 0.3 is 0 Å². The molecule has 6 heteroatoms. The second kappa shape index (κ2) is 7.70. The van der Waals surface area contributed by atoms with E-state index in [1.165, 1.54) is 4.90 Å². The molecule has 2 aromatic rings. The molecule has 130 valence electrons. The van der Waals surface area contributed by atoms with E-state index in [-0.39, 0.29) is 18.4 Å². The van der Waals surface area contributed by atoms with Crippen molar-refractivity contribution >= 4 is 11.8 Å². The number of carbonyl (C=O) groups excluding carboxylic acids is 2. The average molecular weight is 340 g/mol. The molecule has 0 spiro atoms. The van der Waals surface area contributed by atoms with Gasteiger partial charge in [0.15, 0.2) is 11.5 Å². The van der Waals surface area contributed by atoms with E-state index in [1.807, 2.05) is 30.3 Å². The van der Waals surface area contributed by atoms with Gasteiger partial charge in [-0.05, 0) is 23.8 Å². The number of likely N-dealkylation sites (N-methyl/N-ethyl adjacent to an activating group) is 1. The first-order valence-corrected chi connectivity index (χ1v) is 8.09. The zero-order valence-corrected chi connectivity index (χ0v) is 14.0. The molecule has 0 radical (unpaired) electrons. The van der Waals surface area contributed by atoms with Gasteiger partial charge in [0.1, 0.15) is 13.2 Å². The monoisotopic (exact) mass is 340 g/mol. The maximum Gasteiger partial charge on any atom is 0.254 e. The molecule has 0 saturated heterocycles. The fraction of sp³-hybridized carbons (Fsp3) is 0.263. The highest BCUT2D eigenvalue weighted by molar-refractivity contribution is 5.96. The molecule has 0 bridgehead atoms. The SMILES string of the molecule is CN(CC(=O)NCc1ccccc1)C(=O)c1ccc2c(c1)OCCO2. The molecule has 1 N–H and O–H groups in total. The minimum Gasteiger partial charge on any atom is -0.486 e. The van der Waals surface area contributed by atoms with Gasteiger partial charge in [0, 0.05) is 19.2 Å². The molecular weight excluding hydrogens is 320 g/mol. The van der Waals surface area contributed by atoms with Crippen molar-refractivity contribution in [2.45, 2.75) is 6.54 Å². The van der Waals surface area contributed by atoms with E-state index in [9.17, 15) is 9.59 Å². The summed E-state index contributed by atoms with van der Waals surface area (Å²) in [5, 5.41) is 2.81. The molecule has 0 fully saturated rings. The Morgan fingerprint density at radius 3 is 2.52 bits per heavy atom. The zero-order chi connectivity index (χ0) is 17.6. The van der Waals surface area contributed by atoms with Crippen molar-refractivity contribution in [2.75, 3.05) is 26.8 Å². The summed E-state index contributed by atoms with van der Waals surface area (Å²) in [4.78, 5) is 25.9. The molecule has 2 amide bonds. The van der Waals surface area contributed by atoms with E-state index in [0.717, 1.165) is 5.56 Å². The van der Waals surface area contributed by atoms with E-state index in [1.54, 1.807) is 25.2 Å². The Morgan fingerprint density at radius 2 is 1.76 bits per heavy atom. The normalized spacial score (nSPS) is 12.4. The summed E-state index contributed by atoms with van der Waals surface area (Å²) >= 11 is 0. The summed E-state index contributed by atoms with van der Waals surface area (Å²) in [6.07, 6.45) is 0. The highest BCUT2D eigenvalue weighted by Gasteiger charge is 2.18. The minimum atomic E-state index is -0.244. The highest BCUT2D eigenvalue weighted by atomic mass is 16.6. The zero-order valence-electron chi connectivity index (χ0n) is 14.0. The van der Waals surface area contributed by atoms with Gasteiger partial charge < -0.3 is 19.7 Å². The standard InChI is InChI=1S/C19H20N2O4/c1-21(13-18(22)20-12-14-5-3-2-4-6-14)19(23)15-7-8-16-17(11-15)25-10-9-24-16/h2-8,11H,9-10,12-13H2,1H3,(H,20,22). The lowest BCUT2D eigenvalue weighted by molar-refractivity contribution is -0.121. The van der Waals surface area contributed by atoms with E-state index >= 15 is 0 Å². The maximum atomic E-state index is 12.5. The van der Waals surface area contributed by atoms with Crippen LogP contribution in [0.5, 0.6) is 11.5 Å². The van der Waals surface area contributed by atoms with E-state index in [0.29, 0.717) is 36.8 Å². The quantitative estimate of drug-likeness (QED) is 0.902. The van der Waals surface area contributed by atoms with Crippen LogP contribution in [0.1, 0.15) is 15.9 Å². The Labute approximate surface area is 146 Å². The Balaban J connectivity index is 1.56. The fourth-order valence-electron chi connectivity index (χ4n) is 2.54. The third-order valence-electron chi connectivity index (χ3n) is 3.85. The van der Waals surface area contributed by atoms with Gasteiger partial charge in [-0.3, -0.25) is 9.59 Å². The Hall–Kier alpha value is -3.02. The van der Waals surface area contributed by atoms with Gasteiger partial charge in [0.05, 0.1) is 6.54 Å². The van der Waals surface area contributed by atoms with Crippen LogP contribution in [0.2, 0.25) is 0 Å². The summed E-state index contributed by atoms with van der Waals surface area (Å²) in [6.45, 7) is 1.38. The molecule has 1 aliphatic rings. The first-order chi connectivity index (χ1) is 12.1. The Kier molecular flexibility index (Phi) is 5.18. The second-order valence-electron chi connectivity index (χ2n) is 5.78. The number of carbonyl (C=O) groups is 2. The number of fused-ring (bicyclic) bond motifs is 1. The molecule has 2 aromatic carbocycles. The van der Waals surface area contributed by atoms with Crippen molar-refractivity contribution in [2.24, 2.45) is 0 Å². The van der Waals surface area contributed by atoms with Gasteiger partial charge in [0.25, 0.3) is 5.91 Å². The van der Waals surface area contributed by atoms with E-state index in [2.05, 4.69) is 5.32 Å². The van der Waals surface area contributed by atoms with Gasteiger partial charge in [-0.1, -0.05) is 30.3 Å². The number of benzene rings is 2. The third kappa shape index (κ3) is 4.29. The Bertz CT molecular complexity index is 761. The van der Waals surface area contributed by atoms with Crippen LogP contribution in [-0.2, 0) is 11.3 Å². The van der Waals surface area contributed by atoms with Crippen molar-refractivity contribution in [1.82, 2.24) is 10.2 Å². The van der Waals surface area contributed by atoms with Gasteiger partial charge in [-0.25, -0.2) is 0 Å². The summed E-state index contributed by atoms with van der Waals surface area (Å²) in [7, 11) is 1.60. The van der Waals surface area contributed by atoms with Crippen molar-refractivity contribution in [1.29, 1.82) is 0 Å². The molecule has 0 atom stereocenters. The van der Waals surface area contributed by atoms with Crippen LogP contribution in [0.4, 0.5) is 0 Å². The smallest absolute Gasteiger partial charge is 0.254 e. The lowest BCUT2D eigenvalue weighted by Crippen LogP contribution is -2.38. The van der Waals surface area contributed by atoms with Crippen LogP contribution >= 0.6 is 0 Å². The summed E-state index contributed by atoms with van der Waals surface area (Å²) in [5.74, 6) is 0.731. The highest BCUT2D eigenvalue weighted by Crippen LogP contribution is 2.30.